The Kier molecular flexibility index (Phi) is 3.85. The van der Waals surface area contributed by atoms with Crippen molar-refractivity contribution in [3.63, 3.8) is 0 Å². The molecular weight excluding hydrogens is 316 g/mol. The molecule has 2 aromatic rings. The van der Waals surface area contributed by atoms with Gasteiger partial charge in [0, 0.05) is 18.8 Å². The van der Waals surface area contributed by atoms with Gasteiger partial charge in [-0.3, -0.25) is 0 Å². The molecule has 106 valence electrons. The topological polar surface area (TPSA) is 42.4 Å². The highest BCUT2D eigenvalue weighted by Gasteiger charge is 2.30. The first-order chi connectivity index (χ1) is 9.70. The Morgan fingerprint density at radius 2 is 2.20 bits per heavy atom. The minimum Gasteiger partial charge on any atom is -0.466 e. The van der Waals surface area contributed by atoms with Gasteiger partial charge < -0.3 is 15.1 Å². The maximum Gasteiger partial charge on any atom is 0.141 e. The van der Waals surface area contributed by atoms with Crippen LogP contribution in [0.1, 0.15) is 24.3 Å². The minimum absolute atomic E-state index is 0.0725. The average Bonchev–Trinajstić information content (AvgIpc) is 2.86. The van der Waals surface area contributed by atoms with Gasteiger partial charge in [0.05, 0.1) is 10.7 Å². The zero-order valence-corrected chi connectivity index (χ0v) is 13.1. The molecular formula is C16H19BrN2O. The summed E-state index contributed by atoms with van der Waals surface area (Å²) in [6.07, 6.45) is 2.84. The monoisotopic (exact) mass is 334 g/mol. The molecule has 0 radical (unpaired) electrons. The van der Waals surface area contributed by atoms with Crippen LogP contribution < -0.4 is 10.6 Å². The molecule has 3 nitrogen and oxygen atoms in total. The molecule has 4 heteroatoms. The number of nitrogens with two attached hydrogens (primary N) is 1. The molecule has 0 aliphatic carbocycles. The summed E-state index contributed by atoms with van der Waals surface area (Å²) in [7, 11) is 0. The van der Waals surface area contributed by atoms with E-state index in [1.165, 1.54) is 11.3 Å². The molecule has 1 aliphatic rings. The second-order valence-electron chi connectivity index (χ2n) is 5.47. The number of furan rings is 1. The van der Waals surface area contributed by atoms with Crippen molar-refractivity contribution in [2.75, 3.05) is 18.0 Å². The Bertz CT molecular complexity index is 596. The average molecular weight is 335 g/mol. The van der Waals surface area contributed by atoms with Crippen molar-refractivity contribution < 1.29 is 4.42 Å². The number of hydrogen-bond acceptors (Lipinski definition) is 3. The van der Waals surface area contributed by atoms with Gasteiger partial charge in [0.15, 0.2) is 0 Å². The Hall–Kier alpha value is -1.26. The SMILES string of the molecule is CC1Cc2ccccc2N(C(CN)c2occc2Br)C1. The van der Waals surface area contributed by atoms with E-state index in [2.05, 4.69) is 52.0 Å². The lowest BCUT2D eigenvalue weighted by Gasteiger charge is -2.39. The number of fused-ring (bicyclic) bond motifs is 1. The van der Waals surface area contributed by atoms with Crippen molar-refractivity contribution >= 4 is 21.6 Å². The third kappa shape index (κ3) is 2.38. The molecule has 2 heterocycles. The second-order valence-corrected chi connectivity index (χ2v) is 6.33. The third-order valence-corrected chi connectivity index (χ3v) is 4.58. The predicted octanol–water partition coefficient (Wildman–Crippen LogP) is 3.74. The third-order valence-electron chi connectivity index (χ3n) is 3.92. The highest BCUT2D eigenvalue weighted by Crippen LogP contribution is 2.37. The number of benzene rings is 1. The van der Waals surface area contributed by atoms with Crippen LogP contribution in [0.15, 0.2) is 45.5 Å². The standard InChI is InChI=1S/C16H19BrN2O/c1-11-8-12-4-2-3-5-14(12)19(10-11)15(9-18)16-13(17)6-7-20-16/h2-7,11,15H,8-10,18H2,1H3. The zero-order chi connectivity index (χ0) is 14.1. The van der Waals surface area contributed by atoms with Crippen LogP contribution >= 0.6 is 15.9 Å². The molecule has 0 bridgehead atoms. The van der Waals surface area contributed by atoms with Crippen LogP contribution in [0.2, 0.25) is 0 Å². The first kappa shape index (κ1) is 13.7. The van der Waals surface area contributed by atoms with E-state index >= 15 is 0 Å². The first-order valence-corrected chi connectivity index (χ1v) is 7.77. The molecule has 1 aromatic heterocycles. The van der Waals surface area contributed by atoms with Crippen molar-refractivity contribution in [3.8, 4) is 0 Å². The van der Waals surface area contributed by atoms with Crippen molar-refractivity contribution in [2.45, 2.75) is 19.4 Å². The van der Waals surface area contributed by atoms with Gasteiger partial charge in [-0.25, -0.2) is 0 Å². The fourth-order valence-electron chi connectivity index (χ4n) is 3.05. The van der Waals surface area contributed by atoms with Crippen molar-refractivity contribution in [3.05, 3.63) is 52.4 Å². The Morgan fingerprint density at radius 1 is 1.40 bits per heavy atom. The molecule has 0 saturated carbocycles. The van der Waals surface area contributed by atoms with Crippen LogP contribution in [0.4, 0.5) is 5.69 Å². The summed E-state index contributed by atoms with van der Waals surface area (Å²) in [5, 5.41) is 0. The largest absolute Gasteiger partial charge is 0.466 e. The molecule has 2 atom stereocenters. The maximum atomic E-state index is 6.04. The molecule has 1 aromatic carbocycles. The van der Waals surface area contributed by atoms with Crippen LogP contribution in [0.3, 0.4) is 0 Å². The van der Waals surface area contributed by atoms with E-state index in [0.717, 1.165) is 23.2 Å². The zero-order valence-electron chi connectivity index (χ0n) is 11.6. The van der Waals surface area contributed by atoms with E-state index in [4.69, 9.17) is 10.2 Å². The number of halogens is 1. The van der Waals surface area contributed by atoms with Gasteiger partial charge in [-0.2, -0.15) is 0 Å². The van der Waals surface area contributed by atoms with Gasteiger partial charge in [0.1, 0.15) is 11.8 Å². The van der Waals surface area contributed by atoms with E-state index in [1.54, 1.807) is 6.26 Å². The Morgan fingerprint density at radius 3 is 2.90 bits per heavy atom. The van der Waals surface area contributed by atoms with Gasteiger partial charge in [0.2, 0.25) is 0 Å². The summed E-state index contributed by atoms with van der Waals surface area (Å²) in [5.41, 5.74) is 8.72. The lowest BCUT2D eigenvalue weighted by molar-refractivity contribution is 0.419. The molecule has 3 rings (SSSR count). The Labute approximate surface area is 127 Å². The first-order valence-electron chi connectivity index (χ1n) is 6.98. The molecule has 1 aliphatic heterocycles. The van der Waals surface area contributed by atoms with Gasteiger partial charge in [0.25, 0.3) is 0 Å². The lowest BCUT2D eigenvalue weighted by atomic mass is 9.92. The van der Waals surface area contributed by atoms with Crippen LogP contribution in [0, 0.1) is 5.92 Å². The quantitative estimate of drug-likeness (QED) is 0.929. The van der Waals surface area contributed by atoms with Crippen LogP contribution in [-0.4, -0.2) is 13.1 Å². The summed E-state index contributed by atoms with van der Waals surface area (Å²) in [4.78, 5) is 2.38. The maximum absolute atomic E-state index is 6.04. The van der Waals surface area contributed by atoms with Crippen molar-refractivity contribution in [2.24, 2.45) is 11.7 Å². The molecule has 0 saturated heterocycles. The van der Waals surface area contributed by atoms with Gasteiger partial charge >= 0.3 is 0 Å². The van der Waals surface area contributed by atoms with Crippen molar-refractivity contribution in [1.82, 2.24) is 0 Å². The molecule has 0 spiro atoms. The summed E-state index contributed by atoms with van der Waals surface area (Å²) in [6, 6.07) is 10.6. The van der Waals surface area contributed by atoms with Gasteiger partial charge in [-0.15, -0.1) is 0 Å². The smallest absolute Gasteiger partial charge is 0.141 e. The Balaban J connectivity index is 2.02. The van der Waals surface area contributed by atoms with Crippen molar-refractivity contribution in [1.29, 1.82) is 0 Å². The normalized spacial score (nSPS) is 19.8. The predicted molar refractivity (Wildman–Crippen MR) is 84.9 cm³/mol. The van der Waals surface area contributed by atoms with E-state index in [1.807, 2.05) is 6.07 Å². The molecule has 2 unspecified atom stereocenters. The second kappa shape index (κ2) is 5.62. The van der Waals surface area contributed by atoms with Crippen LogP contribution in [-0.2, 0) is 6.42 Å². The summed E-state index contributed by atoms with van der Waals surface area (Å²) in [6.45, 7) is 3.83. The van der Waals surface area contributed by atoms with E-state index in [-0.39, 0.29) is 6.04 Å². The highest BCUT2D eigenvalue weighted by molar-refractivity contribution is 9.10. The number of anilines is 1. The number of rotatable bonds is 3. The summed E-state index contributed by atoms with van der Waals surface area (Å²) in [5.74, 6) is 1.53. The van der Waals surface area contributed by atoms with Crippen LogP contribution in [0.5, 0.6) is 0 Å². The molecule has 0 amide bonds. The number of nitrogens with zero attached hydrogens (tertiary/aromatic N) is 1. The lowest BCUT2D eigenvalue weighted by Crippen LogP contribution is -2.40. The molecule has 0 fully saturated rings. The van der Waals surface area contributed by atoms with Gasteiger partial charge in [-0.05, 0) is 46.0 Å². The molecule has 20 heavy (non-hydrogen) atoms. The van der Waals surface area contributed by atoms with E-state index in [0.29, 0.717) is 12.5 Å². The molecule has 2 N–H and O–H groups in total. The van der Waals surface area contributed by atoms with E-state index in [9.17, 15) is 0 Å². The minimum atomic E-state index is 0.0725. The summed E-state index contributed by atoms with van der Waals surface area (Å²) >= 11 is 3.55. The fraction of sp³-hybridized carbons (Fsp3) is 0.375. The van der Waals surface area contributed by atoms with Gasteiger partial charge in [-0.1, -0.05) is 25.1 Å². The fourth-order valence-corrected chi connectivity index (χ4v) is 3.52. The van der Waals surface area contributed by atoms with Crippen LogP contribution in [0.25, 0.3) is 0 Å². The van der Waals surface area contributed by atoms with E-state index < -0.39 is 0 Å². The number of para-hydroxylation sites is 1. The number of hydrogen-bond donors (Lipinski definition) is 1. The summed E-state index contributed by atoms with van der Waals surface area (Å²) < 4.78 is 6.64. The highest BCUT2D eigenvalue weighted by atomic mass is 79.9.